The number of amides is 1. The molecule has 3 N–H and O–H groups in total. The molecule has 0 radical (unpaired) electrons. The highest BCUT2D eigenvalue weighted by Crippen LogP contribution is 2.30. The molecule has 0 aliphatic rings. The minimum atomic E-state index is -0.318. The van der Waals surface area contributed by atoms with Gasteiger partial charge in [0.05, 0.1) is 11.6 Å². The van der Waals surface area contributed by atoms with Crippen molar-refractivity contribution in [2.75, 3.05) is 49.3 Å². The summed E-state index contributed by atoms with van der Waals surface area (Å²) in [6.07, 6.45) is 5.79. The topological polar surface area (TPSA) is 101 Å². The number of nitrogens with one attached hydrogen (secondary N) is 3. The van der Waals surface area contributed by atoms with Crippen molar-refractivity contribution in [3.63, 3.8) is 0 Å². The maximum Gasteiger partial charge on any atom is 0.248 e. The molecule has 0 saturated carbocycles. The number of benzene rings is 3. The largest absolute Gasteiger partial charge is 0.487 e. The molecule has 11 heteroatoms. The molecule has 3 aromatic carbocycles. The van der Waals surface area contributed by atoms with Gasteiger partial charge >= 0.3 is 0 Å². The summed E-state index contributed by atoms with van der Waals surface area (Å²) >= 11 is 6.43. The first-order valence-electron chi connectivity index (χ1n) is 14.2. The number of nitrogens with zero attached hydrogens (tertiary/aromatic N) is 3. The van der Waals surface area contributed by atoms with Crippen LogP contribution in [-0.2, 0) is 16.1 Å². The Bertz CT molecular complexity index is 1550. The number of halogens is 2. The Morgan fingerprint density at radius 3 is 2.45 bits per heavy atom. The van der Waals surface area contributed by atoms with Crippen LogP contribution in [-0.4, -0.2) is 54.1 Å². The zero-order valence-corrected chi connectivity index (χ0v) is 25.5. The Labute approximate surface area is 262 Å². The molecule has 0 unspecified atom stereocenters. The summed E-state index contributed by atoms with van der Waals surface area (Å²) in [5, 5.41) is 9.72. The molecule has 0 bridgehead atoms. The van der Waals surface area contributed by atoms with Crippen molar-refractivity contribution in [3.05, 3.63) is 108 Å². The summed E-state index contributed by atoms with van der Waals surface area (Å²) in [7, 11) is 1.99. The minimum absolute atomic E-state index is 0.194. The Balaban J connectivity index is 1.28. The van der Waals surface area contributed by atoms with E-state index in [9.17, 15) is 9.18 Å². The second-order valence-electron chi connectivity index (χ2n) is 9.95. The quantitative estimate of drug-likeness (QED) is 0.0896. The first-order valence-corrected chi connectivity index (χ1v) is 14.6. The third-order valence-electron chi connectivity index (χ3n) is 6.21. The van der Waals surface area contributed by atoms with Crippen LogP contribution in [0.15, 0.2) is 91.3 Å². The van der Waals surface area contributed by atoms with Crippen LogP contribution in [0.5, 0.6) is 5.75 Å². The van der Waals surface area contributed by atoms with Crippen molar-refractivity contribution in [1.29, 1.82) is 0 Å². The molecule has 1 aromatic heterocycles. The number of rotatable bonds is 16. The van der Waals surface area contributed by atoms with Crippen LogP contribution in [0.1, 0.15) is 18.9 Å². The fraction of sp³-hybridized carbons (Fsp3) is 0.242. The molecule has 1 amide bonds. The molecular weight excluding hydrogens is 583 g/mol. The molecule has 0 aliphatic heterocycles. The molecule has 0 saturated heterocycles. The van der Waals surface area contributed by atoms with Crippen LogP contribution >= 0.6 is 11.6 Å². The molecule has 0 spiro atoms. The van der Waals surface area contributed by atoms with Crippen molar-refractivity contribution >= 4 is 46.2 Å². The number of carbonyl (C=O) groups is 1. The Morgan fingerprint density at radius 1 is 0.955 bits per heavy atom. The van der Waals surface area contributed by atoms with Crippen molar-refractivity contribution in [3.8, 4) is 5.75 Å². The van der Waals surface area contributed by atoms with Gasteiger partial charge < -0.3 is 30.3 Å². The van der Waals surface area contributed by atoms with Gasteiger partial charge in [0.25, 0.3) is 0 Å². The lowest BCUT2D eigenvalue weighted by atomic mass is 10.2. The van der Waals surface area contributed by atoms with Crippen molar-refractivity contribution in [2.45, 2.75) is 20.0 Å². The predicted octanol–water partition coefficient (Wildman–Crippen LogP) is 7.19. The van der Waals surface area contributed by atoms with E-state index in [0.29, 0.717) is 52.5 Å². The molecule has 4 aromatic rings. The first-order chi connectivity index (χ1) is 21.4. The van der Waals surface area contributed by atoms with Crippen LogP contribution in [0.25, 0.3) is 0 Å². The van der Waals surface area contributed by atoms with Crippen LogP contribution in [0.2, 0.25) is 5.02 Å². The summed E-state index contributed by atoms with van der Waals surface area (Å²) in [4.78, 5) is 23.1. The van der Waals surface area contributed by atoms with Crippen LogP contribution in [0.3, 0.4) is 0 Å². The van der Waals surface area contributed by atoms with Gasteiger partial charge in [0.1, 0.15) is 36.1 Å². The molecule has 0 aliphatic carbocycles. The van der Waals surface area contributed by atoms with E-state index in [4.69, 9.17) is 21.1 Å². The smallest absolute Gasteiger partial charge is 0.248 e. The number of aromatic nitrogens is 2. The second kappa shape index (κ2) is 17.0. The molecule has 0 fully saturated rings. The lowest BCUT2D eigenvalue weighted by Gasteiger charge is -2.14. The summed E-state index contributed by atoms with van der Waals surface area (Å²) in [5.41, 5.74) is 2.79. The van der Waals surface area contributed by atoms with Gasteiger partial charge in [0, 0.05) is 48.9 Å². The van der Waals surface area contributed by atoms with Crippen LogP contribution < -0.4 is 20.7 Å². The number of carbonyl (C=O) groups excluding carboxylic acids is 1. The fourth-order valence-corrected chi connectivity index (χ4v) is 4.26. The van der Waals surface area contributed by atoms with E-state index in [-0.39, 0.29) is 18.3 Å². The van der Waals surface area contributed by atoms with Crippen molar-refractivity contribution in [1.82, 2.24) is 14.9 Å². The molecule has 1 heterocycles. The van der Waals surface area contributed by atoms with Crippen LogP contribution in [0, 0.1) is 5.82 Å². The number of anilines is 5. The van der Waals surface area contributed by atoms with Gasteiger partial charge in [0.2, 0.25) is 5.91 Å². The maximum absolute atomic E-state index is 13.4. The lowest BCUT2D eigenvalue weighted by Crippen LogP contribution is -2.23. The molecule has 0 atom stereocenters. The summed E-state index contributed by atoms with van der Waals surface area (Å²) in [5.74, 6) is 1.05. The highest BCUT2D eigenvalue weighted by Gasteiger charge is 2.07. The van der Waals surface area contributed by atoms with Gasteiger partial charge in [-0.3, -0.25) is 4.79 Å². The molecular formula is C33H36ClFN6O3. The van der Waals surface area contributed by atoms with Gasteiger partial charge in [-0.05, 0) is 67.6 Å². The third-order valence-corrected chi connectivity index (χ3v) is 6.50. The molecule has 44 heavy (non-hydrogen) atoms. The number of likely N-dealkylation sites (N-methyl/N-ethyl adjacent to an activating group) is 1. The highest BCUT2D eigenvalue weighted by molar-refractivity contribution is 6.32. The summed E-state index contributed by atoms with van der Waals surface area (Å²) in [6.45, 7) is 5.16. The monoisotopic (exact) mass is 618 g/mol. The van der Waals surface area contributed by atoms with E-state index in [0.717, 1.165) is 25.3 Å². The second-order valence-corrected chi connectivity index (χ2v) is 10.4. The van der Waals surface area contributed by atoms with Crippen LogP contribution in [0.4, 0.5) is 33.1 Å². The summed E-state index contributed by atoms with van der Waals surface area (Å²) in [6, 6.07) is 20.6. The lowest BCUT2D eigenvalue weighted by molar-refractivity contribution is -0.111. The number of hydrogen-bond acceptors (Lipinski definition) is 8. The van der Waals surface area contributed by atoms with E-state index in [2.05, 4.69) is 37.7 Å². The Hall–Kier alpha value is -4.51. The zero-order chi connectivity index (χ0) is 31.1. The van der Waals surface area contributed by atoms with Gasteiger partial charge in [-0.15, -0.1) is 0 Å². The average molecular weight is 619 g/mol. The van der Waals surface area contributed by atoms with Crippen molar-refractivity contribution < 1.29 is 18.7 Å². The van der Waals surface area contributed by atoms with E-state index in [1.54, 1.807) is 30.3 Å². The Morgan fingerprint density at radius 2 is 1.70 bits per heavy atom. The van der Waals surface area contributed by atoms with E-state index >= 15 is 0 Å². The molecule has 9 nitrogen and oxygen atoms in total. The van der Waals surface area contributed by atoms with Gasteiger partial charge in [-0.25, -0.2) is 14.4 Å². The summed E-state index contributed by atoms with van der Waals surface area (Å²) < 4.78 is 24.7. The van der Waals surface area contributed by atoms with Gasteiger partial charge in [-0.2, -0.15) is 0 Å². The minimum Gasteiger partial charge on any atom is -0.487 e. The SMILES string of the molecule is CCCOCCN(C)C/C=C/C(=O)Nc1cccc(Nc2cc(Nc3ccc(OCc4cccc(F)c4)c(Cl)c3)ncn2)c1. The van der Waals surface area contributed by atoms with E-state index in [1.807, 2.05) is 43.5 Å². The third kappa shape index (κ3) is 11.0. The van der Waals surface area contributed by atoms with E-state index < -0.39 is 0 Å². The highest BCUT2D eigenvalue weighted by atomic mass is 35.5. The van der Waals surface area contributed by atoms with Crippen molar-refractivity contribution in [2.24, 2.45) is 0 Å². The molecule has 4 rings (SSSR count). The standard InChI is InChI=1S/C33H36ClFN6O3/c1-3-16-43-17-15-41(2)14-6-11-33(42)40-27-10-5-9-26(19-27)38-31-21-32(37-23-36-31)39-28-12-13-30(29(34)20-28)44-22-24-7-4-8-25(35)18-24/h4-13,18-21,23H,3,14-17,22H2,1-2H3,(H,40,42)(H2,36,37,38,39)/b11-6+. The maximum atomic E-state index is 13.4. The number of ether oxygens (including phenoxy) is 2. The van der Waals surface area contributed by atoms with Gasteiger partial charge in [0.15, 0.2) is 0 Å². The fourth-order valence-electron chi connectivity index (χ4n) is 4.03. The van der Waals surface area contributed by atoms with E-state index in [1.165, 1.54) is 24.5 Å². The molecule has 230 valence electrons. The zero-order valence-electron chi connectivity index (χ0n) is 24.7. The normalized spacial score (nSPS) is 11.1. The number of hydrogen-bond donors (Lipinski definition) is 3. The predicted molar refractivity (Wildman–Crippen MR) is 174 cm³/mol. The Kier molecular flexibility index (Phi) is 12.5. The first kappa shape index (κ1) is 32.4. The average Bonchev–Trinajstić information content (AvgIpc) is 2.99. The van der Waals surface area contributed by atoms with Gasteiger partial charge in [-0.1, -0.05) is 42.8 Å².